The molecule has 0 aromatic heterocycles. The second-order valence-corrected chi connectivity index (χ2v) is 8.38. The number of halogens is 2. The Bertz CT molecular complexity index is 1150. The van der Waals surface area contributed by atoms with Crippen LogP contribution in [0.3, 0.4) is 0 Å². The highest BCUT2D eigenvalue weighted by atomic mass is 35.5. The van der Waals surface area contributed by atoms with E-state index in [4.69, 9.17) is 23.2 Å². The number of hydrogen-bond acceptors (Lipinski definition) is 4. The molecule has 30 heavy (non-hydrogen) atoms. The summed E-state index contributed by atoms with van der Waals surface area (Å²) in [6, 6.07) is 23.7. The number of anilines is 2. The zero-order valence-corrected chi connectivity index (χ0v) is 18.2. The van der Waals surface area contributed by atoms with Crippen molar-refractivity contribution in [3.8, 4) is 0 Å². The molecule has 0 radical (unpaired) electrons. The summed E-state index contributed by atoms with van der Waals surface area (Å²) in [6.07, 6.45) is 0. The van der Waals surface area contributed by atoms with Gasteiger partial charge >= 0.3 is 0 Å². The smallest absolute Gasteiger partial charge is 0.283 e. The molecule has 3 aromatic rings. The number of hydrogen-bond donors (Lipinski definition) is 0. The van der Waals surface area contributed by atoms with Gasteiger partial charge in [0.2, 0.25) is 0 Å². The van der Waals surface area contributed by atoms with Gasteiger partial charge in [-0.15, -0.1) is 0 Å². The molecule has 2 amide bonds. The number of amides is 2. The van der Waals surface area contributed by atoms with E-state index in [9.17, 15) is 9.59 Å². The van der Waals surface area contributed by atoms with Crippen LogP contribution in [0, 0.1) is 0 Å². The van der Waals surface area contributed by atoms with Crippen LogP contribution in [0.15, 0.2) is 94.4 Å². The number of benzene rings is 3. The number of nitrogens with zero attached hydrogens (tertiary/aromatic N) is 2. The summed E-state index contributed by atoms with van der Waals surface area (Å²) in [5.74, 6) is -0.884. The minimum absolute atomic E-state index is 0.161. The molecule has 0 aliphatic carbocycles. The van der Waals surface area contributed by atoms with E-state index in [-0.39, 0.29) is 21.4 Å². The van der Waals surface area contributed by atoms with Gasteiger partial charge in [0.25, 0.3) is 11.8 Å². The lowest BCUT2D eigenvalue weighted by Gasteiger charge is -2.22. The molecular weight excluding hydrogens is 439 g/mol. The molecule has 4 rings (SSSR count). The molecule has 0 unspecified atom stereocenters. The van der Waals surface area contributed by atoms with Gasteiger partial charge in [0.15, 0.2) is 0 Å². The van der Waals surface area contributed by atoms with Crippen molar-refractivity contribution in [3.63, 3.8) is 0 Å². The van der Waals surface area contributed by atoms with Gasteiger partial charge in [-0.3, -0.25) is 9.59 Å². The SMILES string of the molecule is CN(C1=C(Sc2ccccc2)C(=O)N(c2cccc(Cl)c2Cl)C1=O)c1ccccc1. The highest BCUT2D eigenvalue weighted by Crippen LogP contribution is 2.42. The fourth-order valence-corrected chi connectivity index (χ4v) is 4.57. The fourth-order valence-electron chi connectivity index (χ4n) is 3.16. The molecule has 0 saturated heterocycles. The second kappa shape index (κ2) is 8.56. The van der Waals surface area contributed by atoms with Gasteiger partial charge in [-0.1, -0.05) is 77.4 Å². The Morgan fingerprint density at radius 1 is 0.800 bits per heavy atom. The molecule has 3 aromatic carbocycles. The molecule has 1 aliphatic rings. The first-order chi connectivity index (χ1) is 14.5. The minimum Gasteiger partial charge on any atom is -0.339 e. The Balaban J connectivity index is 1.83. The van der Waals surface area contributed by atoms with Gasteiger partial charge in [-0.2, -0.15) is 0 Å². The highest BCUT2D eigenvalue weighted by Gasteiger charge is 2.43. The maximum absolute atomic E-state index is 13.5. The van der Waals surface area contributed by atoms with Crippen molar-refractivity contribution in [2.24, 2.45) is 0 Å². The van der Waals surface area contributed by atoms with Gasteiger partial charge < -0.3 is 4.90 Å². The van der Waals surface area contributed by atoms with Crippen LogP contribution in [0.4, 0.5) is 11.4 Å². The first-order valence-corrected chi connectivity index (χ1v) is 10.6. The topological polar surface area (TPSA) is 40.6 Å². The standard InChI is InChI=1S/C23H16Cl2N2O2S/c1-26(15-9-4-2-5-10-15)20-21(30-16-11-6-3-7-12-16)23(29)27(22(20)28)18-14-8-13-17(24)19(18)25/h2-14H,1H3. The van der Waals surface area contributed by atoms with Gasteiger partial charge in [-0.05, 0) is 36.4 Å². The molecule has 0 saturated carbocycles. The molecule has 150 valence electrons. The Morgan fingerprint density at radius 2 is 1.43 bits per heavy atom. The zero-order chi connectivity index (χ0) is 21.3. The lowest BCUT2D eigenvalue weighted by Crippen LogP contribution is -2.34. The molecule has 0 fully saturated rings. The van der Waals surface area contributed by atoms with Gasteiger partial charge in [0.1, 0.15) is 10.6 Å². The molecule has 7 heteroatoms. The number of rotatable bonds is 5. The van der Waals surface area contributed by atoms with Gasteiger partial charge in [0, 0.05) is 17.6 Å². The maximum Gasteiger partial charge on any atom is 0.283 e. The van der Waals surface area contributed by atoms with Crippen molar-refractivity contribution >= 4 is 58.2 Å². The lowest BCUT2D eigenvalue weighted by atomic mass is 10.2. The third-order valence-electron chi connectivity index (χ3n) is 4.63. The Hall–Kier alpha value is -2.73. The van der Waals surface area contributed by atoms with Crippen LogP contribution in [-0.2, 0) is 9.59 Å². The molecular formula is C23H16Cl2N2O2S. The van der Waals surface area contributed by atoms with Crippen molar-refractivity contribution in [2.45, 2.75) is 4.90 Å². The quantitative estimate of drug-likeness (QED) is 0.442. The first-order valence-electron chi connectivity index (χ1n) is 9.08. The summed E-state index contributed by atoms with van der Waals surface area (Å²) in [6.45, 7) is 0. The third-order valence-corrected chi connectivity index (χ3v) is 6.52. The average Bonchev–Trinajstić information content (AvgIpc) is 3.00. The van der Waals surface area contributed by atoms with Crippen LogP contribution >= 0.6 is 35.0 Å². The molecule has 0 N–H and O–H groups in total. The Labute approximate surface area is 188 Å². The van der Waals surface area contributed by atoms with Crippen LogP contribution in [0.2, 0.25) is 10.0 Å². The second-order valence-electron chi connectivity index (χ2n) is 6.51. The van der Waals surface area contributed by atoms with Gasteiger partial charge in [0.05, 0.1) is 15.7 Å². The molecule has 0 bridgehead atoms. The number of para-hydroxylation sites is 1. The van der Waals surface area contributed by atoms with Crippen LogP contribution < -0.4 is 9.80 Å². The summed E-state index contributed by atoms with van der Waals surface area (Å²) in [7, 11) is 1.77. The number of carbonyl (C=O) groups is 2. The molecule has 1 heterocycles. The summed E-state index contributed by atoms with van der Waals surface area (Å²) < 4.78 is 0. The van der Waals surface area contributed by atoms with Crippen molar-refractivity contribution in [3.05, 3.63) is 99.5 Å². The highest BCUT2D eigenvalue weighted by molar-refractivity contribution is 8.04. The van der Waals surface area contributed by atoms with Crippen molar-refractivity contribution < 1.29 is 9.59 Å². The number of carbonyl (C=O) groups excluding carboxylic acids is 2. The van der Waals surface area contributed by atoms with E-state index in [1.54, 1.807) is 30.1 Å². The van der Waals surface area contributed by atoms with Gasteiger partial charge in [-0.25, -0.2) is 4.90 Å². The third kappa shape index (κ3) is 3.72. The van der Waals surface area contributed by atoms with E-state index in [1.807, 2.05) is 60.7 Å². The monoisotopic (exact) mass is 454 g/mol. The zero-order valence-electron chi connectivity index (χ0n) is 15.9. The van der Waals surface area contributed by atoms with Crippen LogP contribution in [0.5, 0.6) is 0 Å². The van der Waals surface area contributed by atoms with E-state index >= 15 is 0 Å². The van der Waals surface area contributed by atoms with E-state index < -0.39 is 11.8 Å². The van der Waals surface area contributed by atoms with E-state index in [2.05, 4.69) is 0 Å². The van der Waals surface area contributed by atoms with Crippen LogP contribution in [0.25, 0.3) is 0 Å². The van der Waals surface area contributed by atoms with Crippen molar-refractivity contribution in [1.29, 1.82) is 0 Å². The van der Waals surface area contributed by atoms with Crippen molar-refractivity contribution in [1.82, 2.24) is 0 Å². The van der Waals surface area contributed by atoms with E-state index in [0.29, 0.717) is 4.91 Å². The average molecular weight is 455 g/mol. The van der Waals surface area contributed by atoms with Crippen molar-refractivity contribution in [2.75, 3.05) is 16.8 Å². The Kier molecular flexibility index (Phi) is 5.86. The predicted molar refractivity (Wildman–Crippen MR) is 123 cm³/mol. The minimum atomic E-state index is -0.450. The largest absolute Gasteiger partial charge is 0.339 e. The number of imide groups is 1. The van der Waals surface area contributed by atoms with E-state index in [0.717, 1.165) is 15.5 Å². The summed E-state index contributed by atoms with van der Waals surface area (Å²) in [4.78, 5) is 30.9. The van der Waals surface area contributed by atoms with Crippen LogP contribution in [-0.4, -0.2) is 18.9 Å². The summed E-state index contributed by atoms with van der Waals surface area (Å²) in [5.41, 5.74) is 1.34. The van der Waals surface area contributed by atoms with Crippen LogP contribution in [0.1, 0.15) is 0 Å². The molecule has 0 spiro atoms. The van der Waals surface area contributed by atoms with E-state index in [1.165, 1.54) is 11.8 Å². The maximum atomic E-state index is 13.5. The predicted octanol–water partition coefficient (Wildman–Crippen LogP) is 6.01. The summed E-state index contributed by atoms with van der Waals surface area (Å²) in [5, 5.41) is 0.436. The first kappa shape index (κ1) is 20.5. The number of likely N-dealkylation sites (N-methyl/N-ethyl adjacent to an activating group) is 1. The lowest BCUT2D eigenvalue weighted by molar-refractivity contribution is -0.120. The summed E-state index contributed by atoms with van der Waals surface area (Å²) >= 11 is 13.7. The molecule has 0 atom stereocenters. The molecule has 4 nitrogen and oxygen atoms in total. The normalized spacial score (nSPS) is 13.9. The Morgan fingerprint density at radius 3 is 2.10 bits per heavy atom. The fraction of sp³-hybridized carbons (Fsp3) is 0.0435. The number of thioether (sulfide) groups is 1. The molecule has 1 aliphatic heterocycles.